The van der Waals surface area contributed by atoms with Gasteiger partial charge in [0.25, 0.3) is 11.1 Å². The van der Waals surface area contributed by atoms with Crippen molar-refractivity contribution in [2.75, 3.05) is 0 Å². The molecule has 0 saturated heterocycles. The number of thiocarbonyl (C=S) groups is 1. The van der Waals surface area contributed by atoms with Gasteiger partial charge in [0.05, 0.1) is 6.54 Å². The van der Waals surface area contributed by atoms with Crippen molar-refractivity contribution in [1.82, 2.24) is 9.78 Å². The lowest BCUT2D eigenvalue weighted by atomic mass is 10.1. The Morgan fingerprint density at radius 1 is 1.25 bits per heavy atom. The molecule has 1 heterocycles. The van der Waals surface area contributed by atoms with Crippen LogP contribution in [0.5, 0.6) is 0 Å². The van der Waals surface area contributed by atoms with Gasteiger partial charge in [-0.2, -0.15) is 0 Å². The van der Waals surface area contributed by atoms with Crippen molar-refractivity contribution in [1.29, 1.82) is 0 Å². The molecule has 0 unspecified atom stereocenters. The Hall–Kier alpha value is -2.21. The molecular weight excluding hydrogens is 274 g/mol. The molecule has 0 bridgehead atoms. The highest BCUT2D eigenvalue weighted by Crippen LogP contribution is 2.09. The average Bonchev–Trinajstić information content (AvgIpc) is 2.43. The van der Waals surface area contributed by atoms with E-state index in [2.05, 4.69) is 5.10 Å². The van der Waals surface area contributed by atoms with Gasteiger partial charge in [-0.1, -0.05) is 36.5 Å². The van der Waals surface area contributed by atoms with Gasteiger partial charge in [0, 0.05) is 16.7 Å². The van der Waals surface area contributed by atoms with Crippen LogP contribution in [0.1, 0.15) is 22.3 Å². The van der Waals surface area contributed by atoms with Crippen LogP contribution < -0.4 is 16.9 Å². The molecule has 0 amide bonds. The van der Waals surface area contributed by atoms with Crippen molar-refractivity contribution < 1.29 is 0 Å². The first kappa shape index (κ1) is 14.2. The number of nitrogens with two attached hydrogens (primary N) is 1. The third kappa shape index (κ3) is 2.55. The van der Waals surface area contributed by atoms with E-state index in [1.807, 2.05) is 18.2 Å². The van der Waals surface area contributed by atoms with Crippen molar-refractivity contribution >= 4 is 17.2 Å². The summed E-state index contributed by atoms with van der Waals surface area (Å²) in [4.78, 5) is 24.2. The monoisotopic (exact) mass is 289 g/mol. The van der Waals surface area contributed by atoms with Crippen LogP contribution in [0.3, 0.4) is 0 Å². The van der Waals surface area contributed by atoms with Crippen molar-refractivity contribution in [3.05, 3.63) is 67.2 Å². The fourth-order valence-corrected chi connectivity index (χ4v) is 2.17. The largest absolute Gasteiger partial charge is 0.389 e. The molecule has 0 aliphatic heterocycles. The number of rotatable bonds is 3. The normalized spacial score (nSPS) is 10.5. The molecule has 0 radical (unpaired) electrons. The van der Waals surface area contributed by atoms with Crippen LogP contribution in [-0.2, 0) is 6.54 Å². The summed E-state index contributed by atoms with van der Waals surface area (Å²) < 4.78 is 1.28. The van der Waals surface area contributed by atoms with Gasteiger partial charge in [0.15, 0.2) is 0 Å². The lowest BCUT2D eigenvalue weighted by molar-refractivity contribution is 0.618. The molecule has 6 heteroatoms. The highest BCUT2D eigenvalue weighted by Gasteiger charge is 2.10. The van der Waals surface area contributed by atoms with Crippen molar-refractivity contribution in [2.45, 2.75) is 20.4 Å². The summed E-state index contributed by atoms with van der Waals surface area (Å²) in [5, 5.41) is 2.56. The molecule has 0 aliphatic carbocycles. The summed E-state index contributed by atoms with van der Waals surface area (Å²) in [7, 11) is 0. The number of H-pyrrole nitrogens is 1. The standard InChI is InChI=1S/C14H15N3O2S/c1-8-9(2)14(19)17(16-13(8)18)7-10-5-3-4-6-11(10)12(15)20/h3-6H,7H2,1-2H3,(H2,15,20)(H,16,18). The lowest BCUT2D eigenvalue weighted by Gasteiger charge is -2.11. The third-order valence-corrected chi connectivity index (χ3v) is 3.54. The fourth-order valence-electron chi connectivity index (χ4n) is 1.97. The molecule has 5 nitrogen and oxygen atoms in total. The summed E-state index contributed by atoms with van der Waals surface area (Å²) in [6.45, 7) is 3.49. The van der Waals surface area contributed by atoms with E-state index in [1.165, 1.54) is 4.68 Å². The van der Waals surface area contributed by atoms with E-state index in [4.69, 9.17) is 18.0 Å². The molecule has 3 N–H and O–H groups in total. The van der Waals surface area contributed by atoms with Crippen LogP contribution >= 0.6 is 12.2 Å². The van der Waals surface area contributed by atoms with Gasteiger partial charge < -0.3 is 5.73 Å². The second kappa shape index (κ2) is 5.42. The first-order chi connectivity index (χ1) is 9.41. The van der Waals surface area contributed by atoms with Crippen LogP contribution in [0, 0.1) is 13.8 Å². The summed E-state index contributed by atoms with van der Waals surface area (Å²) in [5.41, 5.74) is 7.55. The van der Waals surface area contributed by atoms with Gasteiger partial charge in [-0.25, -0.2) is 4.68 Å². The maximum Gasteiger partial charge on any atom is 0.268 e. The van der Waals surface area contributed by atoms with Gasteiger partial charge >= 0.3 is 0 Å². The van der Waals surface area contributed by atoms with Gasteiger partial charge in [0.1, 0.15) is 4.99 Å². The highest BCUT2D eigenvalue weighted by atomic mass is 32.1. The molecule has 1 aromatic heterocycles. The molecule has 0 spiro atoms. The van der Waals surface area contributed by atoms with E-state index in [1.54, 1.807) is 19.9 Å². The zero-order valence-corrected chi connectivity index (χ0v) is 12.1. The second-order valence-corrected chi connectivity index (χ2v) is 5.04. The smallest absolute Gasteiger partial charge is 0.268 e. The predicted octanol–water partition coefficient (Wildman–Crippen LogP) is 0.836. The third-order valence-electron chi connectivity index (χ3n) is 3.32. The molecule has 0 aliphatic rings. The molecule has 1 aromatic carbocycles. The fraction of sp³-hybridized carbons (Fsp3) is 0.214. The van der Waals surface area contributed by atoms with E-state index in [0.717, 1.165) is 5.56 Å². The number of nitrogens with zero attached hydrogens (tertiary/aromatic N) is 1. The van der Waals surface area contributed by atoms with Crippen LogP contribution in [0.15, 0.2) is 33.9 Å². The molecule has 0 fully saturated rings. The van der Waals surface area contributed by atoms with Crippen molar-refractivity contribution in [3.63, 3.8) is 0 Å². The molecule has 2 rings (SSSR count). The lowest BCUT2D eigenvalue weighted by Crippen LogP contribution is -2.34. The van der Waals surface area contributed by atoms with E-state index < -0.39 is 0 Å². The Balaban J connectivity index is 2.55. The molecular formula is C14H15N3O2S. The number of aromatic amines is 1. The maximum absolute atomic E-state index is 12.2. The van der Waals surface area contributed by atoms with Crippen molar-refractivity contribution in [3.8, 4) is 0 Å². The van der Waals surface area contributed by atoms with E-state index in [0.29, 0.717) is 16.7 Å². The average molecular weight is 289 g/mol. The molecule has 0 atom stereocenters. The zero-order valence-electron chi connectivity index (χ0n) is 11.3. The Bertz CT molecular complexity index is 790. The van der Waals surface area contributed by atoms with Gasteiger partial charge in [-0.3, -0.25) is 14.7 Å². The predicted molar refractivity (Wildman–Crippen MR) is 82.2 cm³/mol. The molecule has 20 heavy (non-hydrogen) atoms. The molecule has 2 aromatic rings. The number of hydrogen-bond acceptors (Lipinski definition) is 3. The first-order valence-electron chi connectivity index (χ1n) is 6.10. The molecule has 0 saturated carbocycles. The zero-order chi connectivity index (χ0) is 14.9. The summed E-state index contributed by atoms with van der Waals surface area (Å²) in [5.74, 6) is 0. The Morgan fingerprint density at radius 2 is 1.90 bits per heavy atom. The summed E-state index contributed by atoms with van der Waals surface area (Å²) in [6.07, 6.45) is 0. The van der Waals surface area contributed by atoms with Crippen LogP contribution in [0.4, 0.5) is 0 Å². The minimum Gasteiger partial charge on any atom is -0.389 e. The first-order valence-corrected chi connectivity index (χ1v) is 6.50. The summed E-state index contributed by atoms with van der Waals surface area (Å²) in [6, 6.07) is 7.28. The topological polar surface area (TPSA) is 80.9 Å². The Labute approximate surface area is 121 Å². The summed E-state index contributed by atoms with van der Waals surface area (Å²) >= 11 is 4.99. The van der Waals surface area contributed by atoms with E-state index in [-0.39, 0.29) is 22.7 Å². The SMILES string of the molecule is Cc1c(C)c(=O)n(Cc2ccccc2C(N)=S)[nH]c1=O. The van der Waals surface area contributed by atoms with Gasteiger partial charge in [-0.15, -0.1) is 0 Å². The van der Waals surface area contributed by atoms with Gasteiger partial charge in [-0.05, 0) is 19.4 Å². The minimum atomic E-state index is -0.269. The number of hydrogen-bond donors (Lipinski definition) is 2. The van der Waals surface area contributed by atoms with E-state index >= 15 is 0 Å². The Morgan fingerprint density at radius 3 is 2.55 bits per heavy atom. The van der Waals surface area contributed by atoms with E-state index in [9.17, 15) is 9.59 Å². The Kier molecular flexibility index (Phi) is 3.85. The van der Waals surface area contributed by atoms with Crippen LogP contribution in [-0.4, -0.2) is 14.8 Å². The minimum absolute atomic E-state index is 0.222. The maximum atomic E-state index is 12.2. The van der Waals surface area contributed by atoms with Crippen LogP contribution in [0.25, 0.3) is 0 Å². The number of benzene rings is 1. The number of aromatic nitrogens is 2. The second-order valence-electron chi connectivity index (χ2n) is 4.60. The quantitative estimate of drug-likeness (QED) is 0.820. The van der Waals surface area contributed by atoms with Crippen LogP contribution in [0.2, 0.25) is 0 Å². The highest BCUT2D eigenvalue weighted by molar-refractivity contribution is 7.80. The molecule has 104 valence electrons. The van der Waals surface area contributed by atoms with Crippen molar-refractivity contribution in [2.24, 2.45) is 5.73 Å². The number of nitrogens with one attached hydrogen (secondary N) is 1. The van der Waals surface area contributed by atoms with Gasteiger partial charge in [0.2, 0.25) is 0 Å².